The van der Waals surface area contributed by atoms with Gasteiger partial charge in [0.25, 0.3) is 0 Å². The van der Waals surface area contributed by atoms with Gasteiger partial charge in [0.1, 0.15) is 12.4 Å². The molecule has 1 aliphatic rings. The second kappa shape index (κ2) is 7.81. The van der Waals surface area contributed by atoms with Crippen LogP contribution in [0, 0.1) is 0 Å². The summed E-state index contributed by atoms with van der Waals surface area (Å²) in [5.41, 5.74) is 5.97. The average molecular weight is 278 g/mol. The third-order valence-corrected chi connectivity index (χ3v) is 3.21. The van der Waals surface area contributed by atoms with Crippen molar-refractivity contribution in [3.63, 3.8) is 0 Å². The number of pyridine rings is 1. The summed E-state index contributed by atoms with van der Waals surface area (Å²) in [6, 6.07) is 3.82. The van der Waals surface area contributed by atoms with Crippen LogP contribution < -0.4 is 16.0 Å². The van der Waals surface area contributed by atoms with E-state index in [0.29, 0.717) is 18.8 Å². The molecule has 0 aliphatic carbocycles. The van der Waals surface area contributed by atoms with Crippen LogP contribution in [0.1, 0.15) is 19.3 Å². The van der Waals surface area contributed by atoms with Gasteiger partial charge in [0.2, 0.25) is 5.91 Å². The van der Waals surface area contributed by atoms with Crippen LogP contribution in [0.4, 0.5) is 11.5 Å². The Morgan fingerprint density at radius 1 is 1.35 bits per heavy atom. The van der Waals surface area contributed by atoms with Crippen molar-refractivity contribution in [3.8, 4) is 0 Å². The average Bonchev–Trinajstić information content (AvgIpc) is 2.49. The quantitative estimate of drug-likeness (QED) is 0.758. The number of nitrogens with two attached hydrogens (primary N) is 1. The van der Waals surface area contributed by atoms with Gasteiger partial charge in [-0.2, -0.15) is 0 Å². The van der Waals surface area contributed by atoms with Gasteiger partial charge in [0.05, 0.1) is 18.5 Å². The minimum Gasteiger partial charge on any atom is -0.370 e. The molecular weight excluding hydrogens is 256 g/mol. The molecule has 20 heavy (non-hydrogen) atoms. The van der Waals surface area contributed by atoms with Gasteiger partial charge in [-0.25, -0.2) is 4.98 Å². The maximum absolute atomic E-state index is 11.6. The number of carbonyl (C=O) groups excluding carboxylic acids is 1. The normalized spacial score (nSPS) is 15.2. The number of carbonyl (C=O) groups is 1. The molecule has 3 N–H and O–H groups in total. The second-order valence-corrected chi connectivity index (χ2v) is 4.84. The van der Waals surface area contributed by atoms with E-state index in [9.17, 15) is 4.79 Å². The number of nitrogens with zero attached hydrogens (tertiary/aromatic N) is 2. The zero-order valence-electron chi connectivity index (χ0n) is 11.7. The van der Waals surface area contributed by atoms with Crippen LogP contribution in [0.2, 0.25) is 0 Å². The summed E-state index contributed by atoms with van der Waals surface area (Å²) in [5, 5.41) is 2.75. The van der Waals surface area contributed by atoms with E-state index in [4.69, 9.17) is 10.5 Å². The van der Waals surface area contributed by atoms with Crippen LogP contribution >= 0.6 is 0 Å². The predicted molar refractivity (Wildman–Crippen MR) is 78.8 cm³/mol. The smallest absolute Gasteiger partial charge is 0.250 e. The number of nitrogens with one attached hydrogen (secondary N) is 1. The lowest BCUT2D eigenvalue weighted by molar-refractivity contribution is -0.120. The molecule has 2 rings (SSSR count). The molecule has 0 saturated carbocycles. The largest absolute Gasteiger partial charge is 0.370 e. The second-order valence-electron chi connectivity index (χ2n) is 4.84. The van der Waals surface area contributed by atoms with E-state index in [1.54, 1.807) is 6.20 Å². The molecule has 0 aromatic carbocycles. The lowest BCUT2D eigenvalue weighted by atomic mass is 10.1. The van der Waals surface area contributed by atoms with E-state index >= 15 is 0 Å². The molecule has 0 atom stereocenters. The molecule has 1 aliphatic heterocycles. The minimum atomic E-state index is -0.189. The van der Waals surface area contributed by atoms with Crippen molar-refractivity contribution in [1.29, 1.82) is 0 Å². The molecule has 6 heteroatoms. The molecule has 0 radical (unpaired) electrons. The summed E-state index contributed by atoms with van der Waals surface area (Å²) in [5.74, 6) is 0.785. The van der Waals surface area contributed by atoms with Crippen LogP contribution in [0.3, 0.4) is 0 Å². The van der Waals surface area contributed by atoms with E-state index in [2.05, 4.69) is 15.2 Å². The van der Waals surface area contributed by atoms with Gasteiger partial charge in [-0.1, -0.05) is 0 Å². The highest BCUT2D eigenvalue weighted by Gasteiger charge is 2.12. The third kappa shape index (κ3) is 4.47. The van der Waals surface area contributed by atoms with Crippen LogP contribution in [0.15, 0.2) is 18.3 Å². The maximum atomic E-state index is 11.6. The number of amides is 1. The number of hydrogen-bond acceptors (Lipinski definition) is 5. The van der Waals surface area contributed by atoms with Crippen molar-refractivity contribution in [2.24, 2.45) is 5.73 Å². The molecule has 1 aromatic rings. The number of anilines is 2. The van der Waals surface area contributed by atoms with Crippen LogP contribution in [0.25, 0.3) is 0 Å². The summed E-state index contributed by atoms with van der Waals surface area (Å²) in [6.45, 7) is 2.95. The molecule has 1 saturated heterocycles. The fourth-order valence-corrected chi connectivity index (χ4v) is 2.22. The van der Waals surface area contributed by atoms with Crippen molar-refractivity contribution in [3.05, 3.63) is 18.3 Å². The van der Waals surface area contributed by atoms with Gasteiger partial charge in [0, 0.05) is 19.6 Å². The monoisotopic (exact) mass is 278 g/mol. The highest BCUT2D eigenvalue weighted by Crippen LogP contribution is 2.18. The predicted octanol–water partition coefficient (Wildman–Crippen LogP) is 0.986. The summed E-state index contributed by atoms with van der Waals surface area (Å²) >= 11 is 0. The number of rotatable bonds is 6. The highest BCUT2D eigenvalue weighted by molar-refractivity contribution is 5.91. The first-order chi connectivity index (χ1) is 9.79. The van der Waals surface area contributed by atoms with Gasteiger partial charge in [-0.05, 0) is 31.4 Å². The zero-order valence-corrected chi connectivity index (χ0v) is 11.7. The molecule has 110 valence electrons. The molecule has 6 nitrogen and oxygen atoms in total. The molecular formula is C14H22N4O2. The molecule has 1 fully saturated rings. The van der Waals surface area contributed by atoms with E-state index < -0.39 is 0 Å². The maximum Gasteiger partial charge on any atom is 0.250 e. The topological polar surface area (TPSA) is 80.5 Å². The van der Waals surface area contributed by atoms with Crippen molar-refractivity contribution in [2.45, 2.75) is 19.3 Å². The number of ether oxygens (including phenoxy) is 1. The summed E-state index contributed by atoms with van der Waals surface area (Å²) < 4.78 is 5.07. The Labute approximate surface area is 119 Å². The first-order valence-corrected chi connectivity index (χ1v) is 7.08. The van der Waals surface area contributed by atoms with Gasteiger partial charge in [0.15, 0.2) is 0 Å². The summed E-state index contributed by atoms with van der Waals surface area (Å²) in [6.07, 6.45) is 5.43. The fraction of sp³-hybridized carbons (Fsp3) is 0.571. The lowest BCUT2D eigenvalue weighted by Gasteiger charge is -2.27. The van der Waals surface area contributed by atoms with Crippen molar-refractivity contribution in [2.75, 3.05) is 43.1 Å². The molecule has 0 unspecified atom stereocenters. The van der Waals surface area contributed by atoms with Crippen LogP contribution in [0.5, 0.6) is 0 Å². The first kappa shape index (κ1) is 14.7. The standard InChI is InChI=1S/C14H22N4O2/c15-6-9-20-11-14(19)17-12-4-5-13(16-10-12)18-7-2-1-3-8-18/h4-5,10H,1-3,6-9,11,15H2,(H,17,19). The van der Waals surface area contributed by atoms with E-state index in [1.165, 1.54) is 19.3 Å². The van der Waals surface area contributed by atoms with Gasteiger partial charge in [-0.15, -0.1) is 0 Å². The Bertz CT molecular complexity index is 416. The number of piperidine rings is 1. The molecule has 0 spiro atoms. The number of hydrogen-bond donors (Lipinski definition) is 2. The fourth-order valence-electron chi connectivity index (χ4n) is 2.22. The Morgan fingerprint density at radius 2 is 2.15 bits per heavy atom. The van der Waals surface area contributed by atoms with Gasteiger partial charge < -0.3 is 20.7 Å². The van der Waals surface area contributed by atoms with Crippen molar-refractivity contribution >= 4 is 17.4 Å². The SMILES string of the molecule is NCCOCC(=O)Nc1ccc(N2CCCCC2)nc1. The van der Waals surface area contributed by atoms with Crippen LogP contribution in [-0.4, -0.2) is 43.7 Å². The van der Waals surface area contributed by atoms with Crippen molar-refractivity contribution in [1.82, 2.24) is 4.98 Å². The Kier molecular flexibility index (Phi) is 5.76. The van der Waals surface area contributed by atoms with Gasteiger partial charge >= 0.3 is 0 Å². The highest BCUT2D eigenvalue weighted by atomic mass is 16.5. The first-order valence-electron chi connectivity index (χ1n) is 7.08. The Morgan fingerprint density at radius 3 is 2.80 bits per heavy atom. The zero-order chi connectivity index (χ0) is 14.2. The molecule has 2 heterocycles. The summed E-state index contributed by atoms with van der Waals surface area (Å²) in [4.78, 5) is 18.2. The molecule has 0 bridgehead atoms. The Balaban J connectivity index is 1.83. The van der Waals surface area contributed by atoms with E-state index in [-0.39, 0.29) is 12.5 Å². The molecule has 1 amide bonds. The summed E-state index contributed by atoms with van der Waals surface area (Å²) in [7, 11) is 0. The van der Waals surface area contributed by atoms with Gasteiger partial charge in [-0.3, -0.25) is 4.79 Å². The Hall–Kier alpha value is -1.66. The minimum absolute atomic E-state index is 0.0189. The van der Waals surface area contributed by atoms with Crippen molar-refractivity contribution < 1.29 is 9.53 Å². The molecule has 1 aromatic heterocycles. The number of aromatic nitrogens is 1. The van der Waals surface area contributed by atoms with E-state index in [1.807, 2.05) is 12.1 Å². The van der Waals surface area contributed by atoms with Crippen LogP contribution in [-0.2, 0) is 9.53 Å². The third-order valence-electron chi connectivity index (χ3n) is 3.21. The lowest BCUT2D eigenvalue weighted by Crippen LogP contribution is -2.30. The van der Waals surface area contributed by atoms with E-state index in [0.717, 1.165) is 18.9 Å².